The van der Waals surface area contributed by atoms with E-state index in [9.17, 15) is 22.8 Å². The fraction of sp³-hybridized carbons (Fsp3) is 0.300. The Morgan fingerprint density at radius 1 is 1.07 bits per heavy atom. The van der Waals surface area contributed by atoms with Crippen molar-refractivity contribution in [1.29, 1.82) is 0 Å². The van der Waals surface area contributed by atoms with E-state index in [1.54, 1.807) is 0 Å². The Kier molecular flexibility index (Phi) is 6.24. The molecule has 0 atom stereocenters. The van der Waals surface area contributed by atoms with Crippen molar-refractivity contribution in [3.05, 3.63) is 70.0 Å². The van der Waals surface area contributed by atoms with Gasteiger partial charge in [-0.3, -0.25) is 9.59 Å². The molecule has 0 radical (unpaired) electrons. The Morgan fingerprint density at radius 2 is 1.79 bits per heavy atom. The highest BCUT2D eigenvalue weighted by molar-refractivity contribution is 6.31. The fourth-order valence-electron chi connectivity index (χ4n) is 3.08. The van der Waals surface area contributed by atoms with Crippen molar-refractivity contribution in [3.63, 3.8) is 0 Å². The van der Waals surface area contributed by atoms with Gasteiger partial charge in [0.25, 0.3) is 5.91 Å². The van der Waals surface area contributed by atoms with Gasteiger partial charge in [-0.05, 0) is 37.1 Å². The number of ether oxygens (including phenoxy) is 1. The average molecular weight is 412 g/mol. The lowest BCUT2D eigenvalue weighted by atomic mass is 9.96. The molecule has 148 valence electrons. The van der Waals surface area contributed by atoms with Gasteiger partial charge in [-0.1, -0.05) is 17.7 Å². The summed E-state index contributed by atoms with van der Waals surface area (Å²) in [5.74, 6) is -3.74. The standard InChI is InChI=1S/C20H17ClF3NO3/c21-16-2-1-3-17(23)15(16)11-28-20(27)12-6-8-25(9-7-12)19(26)14-5-4-13(22)10-18(14)24/h1-5,10,12H,6-9,11H2. The number of esters is 1. The first-order valence-electron chi connectivity index (χ1n) is 8.70. The van der Waals surface area contributed by atoms with Crippen LogP contribution in [-0.2, 0) is 16.1 Å². The molecule has 2 aromatic carbocycles. The summed E-state index contributed by atoms with van der Waals surface area (Å²) in [4.78, 5) is 26.0. The number of carbonyl (C=O) groups excluding carboxylic acids is 2. The quantitative estimate of drug-likeness (QED) is 0.702. The number of carbonyl (C=O) groups is 2. The summed E-state index contributed by atoms with van der Waals surface area (Å²) < 4.78 is 45.7. The minimum Gasteiger partial charge on any atom is -0.460 e. The molecule has 3 rings (SSSR count). The molecule has 1 amide bonds. The van der Waals surface area contributed by atoms with Crippen molar-refractivity contribution in [2.75, 3.05) is 13.1 Å². The van der Waals surface area contributed by atoms with Gasteiger partial charge in [-0.15, -0.1) is 0 Å². The molecule has 0 aliphatic carbocycles. The molecule has 1 heterocycles. The van der Waals surface area contributed by atoms with Gasteiger partial charge in [-0.2, -0.15) is 0 Å². The van der Waals surface area contributed by atoms with Crippen LogP contribution >= 0.6 is 11.6 Å². The molecular weight excluding hydrogens is 395 g/mol. The molecule has 1 saturated heterocycles. The Hall–Kier alpha value is -2.54. The summed E-state index contributed by atoms with van der Waals surface area (Å²) in [5, 5.41) is 0.176. The van der Waals surface area contributed by atoms with Gasteiger partial charge < -0.3 is 9.64 Å². The third-order valence-corrected chi connectivity index (χ3v) is 5.05. The van der Waals surface area contributed by atoms with E-state index in [-0.39, 0.29) is 35.8 Å². The summed E-state index contributed by atoms with van der Waals surface area (Å²) >= 11 is 5.90. The van der Waals surface area contributed by atoms with E-state index in [1.165, 1.54) is 23.1 Å². The molecule has 0 unspecified atom stereocenters. The van der Waals surface area contributed by atoms with Gasteiger partial charge in [0, 0.05) is 24.7 Å². The zero-order valence-corrected chi connectivity index (χ0v) is 15.5. The Balaban J connectivity index is 1.54. The Bertz CT molecular complexity index is 878. The molecule has 4 nitrogen and oxygen atoms in total. The van der Waals surface area contributed by atoms with Gasteiger partial charge in [0.05, 0.1) is 16.5 Å². The fourth-order valence-corrected chi connectivity index (χ4v) is 3.30. The first kappa shape index (κ1) is 20.2. The van der Waals surface area contributed by atoms with Crippen molar-refractivity contribution in [3.8, 4) is 0 Å². The minimum absolute atomic E-state index is 0.108. The summed E-state index contributed by atoms with van der Waals surface area (Å²) in [7, 11) is 0. The highest BCUT2D eigenvalue weighted by atomic mass is 35.5. The van der Waals surface area contributed by atoms with Crippen LogP contribution in [0.4, 0.5) is 13.2 Å². The summed E-state index contributed by atoms with van der Waals surface area (Å²) in [6, 6.07) is 6.98. The van der Waals surface area contributed by atoms with Crippen LogP contribution in [0.15, 0.2) is 36.4 Å². The van der Waals surface area contributed by atoms with E-state index >= 15 is 0 Å². The second-order valence-electron chi connectivity index (χ2n) is 6.50. The van der Waals surface area contributed by atoms with Crippen molar-refractivity contribution < 1.29 is 27.5 Å². The number of nitrogens with zero attached hydrogens (tertiary/aromatic N) is 1. The Labute approximate surface area is 164 Å². The maximum absolute atomic E-state index is 13.8. The smallest absolute Gasteiger partial charge is 0.309 e. The van der Waals surface area contributed by atoms with E-state index in [2.05, 4.69) is 0 Å². The van der Waals surface area contributed by atoms with Crippen LogP contribution in [0.2, 0.25) is 5.02 Å². The van der Waals surface area contributed by atoms with Gasteiger partial charge in [0.15, 0.2) is 0 Å². The molecule has 0 aromatic heterocycles. The van der Waals surface area contributed by atoms with Crippen LogP contribution in [0.5, 0.6) is 0 Å². The van der Waals surface area contributed by atoms with Crippen LogP contribution in [0.25, 0.3) is 0 Å². The third-order valence-electron chi connectivity index (χ3n) is 4.70. The van der Waals surface area contributed by atoms with Gasteiger partial charge in [0.2, 0.25) is 0 Å². The highest BCUT2D eigenvalue weighted by Crippen LogP contribution is 2.24. The van der Waals surface area contributed by atoms with E-state index in [0.29, 0.717) is 18.9 Å². The van der Waals surface area contributed by atoms with E-state index in [1.807, 2.05) is 0 Å². The predicted molar refractivity (Wildman–Crippen MR) is 96.2 cm³/mol. The molecule has 8 heteroatoms. The van der Waals surface area contributed by atoms with Crippen LogP contribution in [-0.4, -0.2) is 29.9 Å². The third kappa shape index (κ3) is 4.47. The zero-order chi connectivity index (χ0) is 20.3. The Morgan fingerprint density at radius 3 is 2.43 bits per heavy atom. The molecule has 1 fully saturated rings. The largest absolute Gasteiger partial charge is 0.460 e. The number of benzene rings is 2. The van der Waals surface area contributed by atoms with Crippen LogP contribution in [0.3, 0.4) is 0 Å². The molecule has 1 aliphatic rings. The van der Waals surface area contributed by atoms with Crippen molar-refractivity contribution in [1.82, 2.24) is 4.90 Å². The average Bonchev–Trinajstić information content (AvgIpc) is 2.67. The van der Waals surface area contributed by atoms with E-state index in [4.69, 9.17) is 16.3 Å². The molecular formula is C20H17ClF3NO3. The minimum atomic E-state index is -0.923. The van der Waals surface area contributed by atoms with Crippen LogP contribution < -0.4 is 0 Å². The maximum atomic E-state index is 13.8. The first-order chi connectivity index (χ1) is 13.4. The molecule has 0 saturated carbocycles. The normalized spacial score (nSPS) is 14.8. The summed E-state index contributed by atoms with van der Waals surface area (Å²) in [6.07, 6.45) is 0.663. The zero-order valence-electron chi connectivity index (χ0n) is 14.8. The second-order valence-corrected chi connectivity index (χ2v) is 6.91. The lowest BCUT2D eigenvalue weighted by Crippen LogP contribution is -2.41. The number of rotatable bonds is 4. The van der Waals surface area contributed by atoms with Crippen molar-refractivity contribution in [2.24, 2.45) is 5.92 Å². The molecule has 0 bridgehead atoms. The molecule has 0 spiro atoms. The van der Waals surface area contributed by atoms with E-state index < -0.39 is 35.2 Å². The number of amides is 1. The number of hydrogen-bond acceptors (Lipinski definition) is 3. The molecule has 2 aromatic rings. The van der Waals surface area contributed by atoms with Gasteiger partial charge in [-0.25, -0.2) is 13.2 Å². The first-order valence-corrected chi connectivity index (χ1v) is 9.08. The second kappa shape index (κ2) is 8.65. The van der Waals surface area contributed by atoms with Crippen molar-refractivity contribution in [2.45, 2.75) is 19.4 Å². The molecule has 1 aliphatic heterocycles. The number of hydrogen-bond donors (Lipinski definition) is 0. The van der Waals surface area contributed by atoms with Crippen LogP contribution in [0, 0.1) is 23.4 Å². The maximum Gasteiger partial charge on any atom is 0.309 e. The highest BCUT2D eigenvalue weighted by Gasteiger charge is 2.30. The lowest BCUT2D eigenvalue weighted by Gasteiger charge is -2.31. The summed E-state index contributed by atoms with van der Waals surface area (Å²) in [6.45, 7) is 0.190. The predicted octanol–water partition coefficient (Wildman–Crippen LogP) is 4.35. The van der Waals surface area contributed by atoms with Crippen molar-refractivity contribution >= 4 is 23.5 Å². The van der Waals surface area contributed by atoms with Gasteiger partial charge in [0.1, 0.15) is 24.1 Å². The topological polar surface area (TPSA) is 46.6 Å². The van der Waals surface area contributed by atoms with Gasteiger partial charge >= 0.3 is 5.97 Å². The SMILES string of the molecule is O=C(OCc1c(F)cccc1Cl)C1CCN(C(=O)c2ccc(F)cc2F)CC1. The number of piperidine rings is 1. The summed E-state index contributed by atoms with van der Waals surface area (Å²) in [5.41, 5.74) is -0.103. The molecule has 28 heavy (non-hydrogen) atoms. The monoisotopic (exact) mass is 411 g/mol. The van der Waals surface area contributed by atoms with E-state index in [0.717, 1.165) is 12.1 Å². The van der Waals surface area contributed by atoms with Crippen LogP contribution in [0.1, 0.15) is 28.8 Å². The number of likely N-dealkylation sites (tertiary alicyclic amines) is 1. The number of halogens is 4. The lowest BCUT2D eigenvalue weighted by molar-refractivity contribution is -0.151. The molecule has 0 N–H and O–H groups in total.